The van der Waals surface area contributed by atoms with Gasteiger partial charge in [-0.15, -0.1) is 0 Å². The van der Waals surface area contributed by atoms with Crippen molar-refractivity contribution in [2.24, 2.45) is 5.92 Å². The maximum Gasteiger partial charge on any atom is 0.395 e. The first-order valence-corrected chi connectivity index (χ1v) is 4.36. The van der Waals surface area contributed by atoms with Crippen LogP contribution in [-0.2, 0) is 0 Å². The van der Waals surface area contributed by atoms with E-state index in [0.29, 0.717) is 6.42 Å². The lowest BCUT2D eigenvalue weighted by molar-refractivity contribution is -0.167. The van der Waals surface area contributed by atoms with Crippen molar-refractivity contribution in [2.45, 2.75) is 38.0 Å². The molecule has 0 bridgehead atoms. The predicted molar refractivity (Wildman–Crippen MR) is 43.2 cm³/mol. The SMILES string of the molecule is CCC1(O)C=CC(C(F)(F)F)CC1. The van der Waals surface area contributed by atoms with Gasteiger partial charge in [0.1, 0.15) is 0 Å². The molecular weight excluding hydrogens is 181 g/mol. The minimum absolute atomic E-state index is 0.00958. The molecule has 0 aromatic rings. The topological polar surface area (TPSA) is 20.2 Å². The number of alkyl halides is 3. The van der Waals surface area contributed by atoms with Gasteiger partial charge in [0.05, 0.1) is 11.5 Å². The van der Waals surface area contributed by atoms with E-state index in [1.807, 2.05) is 0 Å². The van der Waals surface area contributed by atoms with Crippen LogP contribution in [0.1, 0.15) is 26.2 Å². The van der Waals surface area contributed by atoms with E-state index in [0.717, 1.165) is 6.08 Å². The predicted octanol–water partition coefficient (Wildman–Crippen LogP) is 2.66. The highest BCUT2D eigenvalue weighted by Gasteiger charge is 2.41. The van der Waals surface area contributed by atoms with Crippen LogP contribution in [0.25, 0.3) is 0 Å². The van der Waals surface area contributed by atoms with Crippen LogP contribution in [0.15, 0.2) is 12.2 Å². The molecule has 1 aliphatic rings. The summed E-state index contributed by atoms with van der Waals surface area (Å²) in [5.74, 6) is -1.38. The second-order valence-corrected chi connectivity index (χ2v) is 3.50. The first-order chi connectivity index (χ1) is 5.87. The largest absolute Gasteiger partial charge is 0.395 e. The molecule has 1 N–H and O–H groups in total. The van der Waals surface area contributed by atoms with Crippen LogP contribution in [0.2, 0.25) is 0 Å². The molecule has 0 aliphatic heterocycles. The Kier molecular flexibility index (Phi) is 2.71. The zero-order valence-corrected chi connectivity index (χ0v) is 7.43. The lowest BCUT2D eigenvalue weighted by Crippen LogP contribution is -2.33. The van der Waals surface area contributed by atoms with Gasteiger partial charge in [0.25, 0.3) is 0 Å². The van der Waals surface area contributed by atoms with Crippen LogP contribution in [0, 0.1) is 5.92 Å². The molecular formula is C9H13F3O. The van der Waals surface area contributed by atoms with Crippen molar-refractivity contribution in [3.8, 4) is 0 Å². The third kappa shape index (κ3) is 2.46. The molecule has 76 valence electrons. The Labute approximate surface area is 75.3 Å². The standard InChI is InChI=1S/C9H13F3O/c1-2-8(13)5-3-7(4-6-8)9(10,11)12/h3,5,7,13H,2,4,6H2,1H3. The van der Waals surface area contributed by atoms with Crippen molar-refractivity contribution in [2.75, 3.05) is 0 Å². The van der Waals surface area contributed by atoms with Gasteiger partial charge in [0.2, 0.25) is 0 Å². The fraction of sp³-hybridized carbons (Fsp3) is 0.778. The van der Waals surface area contributed by atoms with Gasteiger partial charge in [-0.3, -0.25) is 0 Å². The molecule has 13 heavy (non-hydrogen) atoms. The number of hydrogen-bond acceptors (Lipinski definition) is 1. The number of allylic oxidation sites excluding steroid dienone is 1. The molecule has 0 fully saturated rings. The van der Waals surface area contributed by atoms with Gasteiger partial charge >= 0.3 is 6.18 Å². The molecule has 4 heteroatoms. The van der Waals surface area contributed by atoms with Crippen molar-refractivity contribution >= 4 is 0 Å². The van der Waals surface area contributed by atoms with Gasteiger partial charge in [-0.25, -0.2) is 0 Å². The van der Waals surface area contributed by atoms with Crippen molar-refractivity contribution in [3.05, 3.63) is 12.2 Å². The molecule has 0 heterocycles. The van der Waals surface area contributed by atoms with Gasteiger partial charge < -0.3 is 5.11 Å². The average molecular weight is 194 g/mol. The van der Waals surface area contributed by atoms with Crippen LogP contribution in [0.5, 0.6) is 0 Å². The molecule has 0 amide bonds. The number of halogens is 3. The van der Waals surface area contributed by atoms with Gasteiger partial charge in [-0.1, -0.05) is 19.1 Å². The highest BCUT2D eigenvalue weighted by Crippen LogP contribution is 2.37. The summed E-state index contributed by atoms with van der Waals surface area (Å²) in [5, 5.41) is 9.61. The number of hydrogen-bond donors (Lipinski definition) is 1. The molecule has 1 aliphatic carbocycles. The van der Waals surface area contributed by atoms with Crippen LogP contribution in [0.3, 0.4) is 0 Å². The molecule has 0 saturated heterocycles. The van der Waals surface area contributed by atoms with Crippen molar-refractivity contribution in [1.29, 1.82) is 0 Å². The van der Waals surface area contributed by atoms with E-state index in [4.69, 9.17) is 0 Å². The minimum Gasteiger partial charge on any atom is -0.386 e. The maximum absolute atomic E-state index is 12.2. The van der Waals surface area contributed by atoms with E-state index < -0.39 is 17.7 Å². The first kappa shape index (κ1) is 10.6. The van der Waals surface area contributed by atoms with E-state index in [9.17, 15) is 18.3 Å². The van der Waals surface area contributed by atoms with Gasteiger partial charge in [0.15, 0.2) is 0 Å². The summed E-state index contributed by atoms with van der Waals surface area (Å²) in [6.45, 7) is 1.76. The fourth-order valence-corrected chi connectivity index (χ4v) is 1.45. The zero-order chi connectivity index (χ0) is 10.1. The highest BCUT2D eigenvalue weighted by atomic mass is 19.4. The molecule has 0 aromatic carbocycles. The average Bonchev–Trinajstić information content (AvgIpc) is 2.04. The summed E-state index contributed by atoms with van der Waals surface area (Å²) in [4.78, 5) is 0. The highest BCUT2D eigenvalue weighted by molar-refractivity contribution is 5.08. The Morgan fingerprint density at radius 2 is 2.15 bits per heavy atom. The lowest BCUT2D eigenvalue weighted by Gasteiger charge is -2.30. The molecule has 2 unspecified atom stereocenters. The maximum atomic E-state index is 12.2. The van der Waals surface area contributed by atoms with E-state index in [1.54, 1.807) is 6.92 Å². The van der Waals surface area contributed by atoms with E-state index in [1.165, 1.54) is 6.08 Å². The fourth-order valence-electron chi connectivity index (χ4n) is 1.45. The molecule has 1 rings (SSSR count). The molecule has 2 atom stereocenters. The van der Waals surface area contributed by atoms with E-state index >= 15 is 0 Å². The molecule has 0 radical (unpaired) electrons. The van der Waals surface area contributed by atoms with Crippen LogP contribution in [0.4, 0.5) is 13.2 Å². The van der Waals surface area contributed by atoms with Crippen LogP contribution >= 0.6 is 0 Å². The molecule has 0 spiro atoms. The summed E-state index contributed by atoms with van der Waals surface area (Å²) >= 11 is 0. The smallest absolute Gasteiger partial charge is 0.386 e. The number of aliphatic hydroxyl groups is 1. The van der Waals surface area contributed by atoms with E-state index in [2.05, 4.69) is 0 Å². The van der Waals surface area contributed by atoms with Crippen molar-refractivity contribution in [1.82, 2.24) is 0 Å². The summed E-state index contributed by atoms with van der Waals surface area (Å²) in [5.41, 5.74) is -1.01. The third-order valence-corrected chi connectivity index (χ3v) is 2.56. The van der Waals surface area contributed by atoms with Crippen LogP contribution < -0.4 is 0 Å². The quantitative estimate of drug-likeness (QED) is 0.636. The normalized spacial score (nSPS) is 35.0. The minimum atomic E-state index is -4.16. The third-order valence-electron chi connectivity index (χ3n) is 2.56. The Morgan fingerprint density at radius 1 is 1.54 bits per heavy atom. The van der Waals surface area contributed by atoms with Crippen LogP contribution in [-0.4, -0.2) is 16.9 Å². The lowest BCUT2D eigenvalue weighted by atomic mass is 9.83. The van der Waals surface area contributed by atoms with Gasteiger partial charge in [-0.2, -0.15) is 13.2 Å². The summed E-state index contributed by atoms with van der Waals surface area (Å²) in [6, 6.07) is 0. The second-order valence-electron chi connectivity index (χ2n) is 3.50. The summed E-state index contributed by atoms with van der Waals surface area (Å²) in [6.07, 6.45) is -1.14. The van der Waals surface area contributed by atoms with Crippen molar-refractivity contribution < 1.29 is 18.3 Å². The van der Waals surface area contributed by atoms with Gasteiger partial charge in [0, 0.05) is 0 Å². The van der Waals surface area contributed by atoms with Gasteiger partial charge in [-0.05, 0) is 19.3 Å². The number of rotatable bonds is 1. The first-order valence-electron chi connectivity index (χ1n) is 4.36. The molecule has 0 aromatic heterocycles. The van der Waals surface area contributed by atoms with E-state index in [-0.39, 0.29) is 12.8 Å². The molecule has 0 saturated carbocycles. The monoisotopic (exact) mass is 194 g/mol. The Bertz CT molecular complexity index is 209. The second kappa shape index (κ2) is 3.33. The summed E-state index contributed by atoms with van der Waals surface area (Å²) in [7, 11) is 0. The Morgan fingerprint density at radius 3 is 2.46 bits per heavy atom. The molecule has 1 nitrogen and oxygen atoms in total. The Balaban J connectivity index is 2.67. The Hall–Kier alpha value is -0.510. The zero-order valence-electron chi connectivity index (χ0n) is 7.43. The van der Waals surface area contributed by atoms with Crippen molar-refractivity contribution in [3.63, 3.8) is 0 Å². The summed E-state index contributed by atoms with van der Waals surface area (Å²) < 4.78 is 36.5.